The molecule has 1 N–H and O–H groups in total. The maximum absolute atomic E-state index is 11.3. The number of rotatable bonds is 9. The minimum atomic E-state index is -1.64. The van der Waals surface area contributed by atoms with E-state index in [1.165, 1.54) is 0 Å². The Morgan fingerprint density at radius 3 is 1.83 bits per heavy atom. The molecule has 0 heterocycles. The zero-order chi connectivity index (χ0) is 18.3. The van der Waals surface area contributed by atoms with Crippen molar-refractivity contribution in [2.24, 2.45) is 0 Å². The standard InChI is InChI=1S/C12H15BrCl6O4/c1-7(4-13)8(10(20)21)2-3-9(22-5-11(14,15)16)23-6-12(17,18)19/h9H,2-6H2,1H3,(H,20,21). The van der Waals surface area contributed by atoms with E-state index < -0.39 is 19.8 Å². The largest absolute Gasteiger partial charge is 0.478 e. The van der Waals surface area contributed by atoms with Crippen molar-refractivity contribution in [3.05, 3.63) is 11.1 Å². The third kappa shape index (κ3) is 13.2. The topological polar surface area (TPSA) is 55.8 Å². The van der Waals surface area contributed by atoms with Crippen LogP contribution >= 0.6 is 85.5 Å². The van der Waals surface area contributed by atoms with E-state index in [0.717, 1.165) is 0 Å². The first-order valence-electron chi connectivity index (χ1n) is 6.20. The van der Waals surface area contributed by atoms with Crippen molar-refractivity contribution in [3.63, 3.8) is 0 Å². The summed E-state index contributed by atoms with van der Waals surface area (Å²) < 4.78 is 7.37. The number of halogens is 7. The summed E-state index contributed by atoms with van der Waals surface area (Å²) in [5.74, 6) is -1.02. The van der Waals surface area contributed by atoms with E-state index in [1.54, 1.807) is 6.92 Å². The molecule has 0 saturated carbocycles. The molecule has 0 aliphatic rings. The van der Waals surface area contributed by atoms with Crippen molar-refractivity contribution in [3.8, 4) is 0 Å². The van der Waals surface area contributed by atoms with E-state index >= 15 is 0 Å². The second-order valence-electron chi connectivity index (χ2n) is 4.52. The lowest BCUT2D eigenvalue weighted by molar-refractivity contribution is -0.144. The zero-order valence-corrected chi connectivity index (χ0v) is 18.1. The number of carbonyl (C=O) groups is 1. The Labute approximate surface area is 173 Å². The van der Waals surface area contributed by atoms with Crippen molar-refractivity contribution in [2.45, 2.75) is 33.6 Å². The number of carboxylic acid groups (broad SMARTS) is 1. The SMILES string of the molecule is CC(CBr)=C(CCC(OCC(Cl)(Cl)Cl)OCC(Cl)(Cl)Cl)C(=O)O. The Hall–Kier alpha value is 1.35. The van der Waals surface area contributed by atoms with Gasteiger partial charge < -0.3 is 14.6 Å². The molecule has 136 valence electrons. The lowest BCUT2D eigenvalue weighted by Gasteiger charge is -2.23. The summed E-state index contributed by atoms with van der Waals surface area (Å²) in [6, 6.07) is 0. The van der Waals surface area contributed by atoms with Gasteiger partial charge in [0.1, 0.15) is 0 Å². The van der Waals surface area contributed by atoms with E-state index in [2.05, 4.69) is 15.9 Å². The zero-order valence-electron chi connectivity index (χ0n) is 11.9. The predicted octanol–water partition coefficient (Wildman–Crippen LogP) is 5.66. The van der Waals surface area contributed by atoms with Crippen molar-refractivity contribution in [1.29, 1.82) is 0 Å². The summed E-state index contributed by atoms with van der Waals surface area (Å²) in [5.41, 5.74) is 0.917. The van der Waals surface area contributed by atoms with Gasteiger partial charge in [0.05, 0.1) is 13.2 Å². The van der Waals surface area contributed by atoms with Crippen molar-refractivity contribution in [1.82, 2.24) is 0 Å². The van der Waals surface area contributed by atoms with Crippen LogP contribution in [-0.4, -0.2) is 43.5 Å². The number of ether oxygens (including phenoxy) is 2. The number of alkyl halides is 7. The van der Waals surface area contributed by atoms with Gasteiger partial charge in [0, 0.05) is 17.3 Å². The normalized spacial score (nSPS) is 14.1. The van der Waals surface area contributed by atoms with Gasteiger partial charge in [0.25, 0.3) is 0 Å². The predicted molar refractivity (Wildman–Crippen MR) is 99.6 cm³/mol. The van der Waals surface area contributed by atoms with Gasteiger partial charge in [-0.1, -0.05) is 91.1 Å². The fourth-order valence-corrected chi connectivity index (χ4v) is 2.15. The van der Waals surface area contributed by atoms with Crippen molar-refractivity contribution < 1.29 is 19.4 Å². The van der Waals surface area contributed by atoms with Gasteiger partial charge in [-0.25, -0.2) is 4.79 Å². The van der Waals surface area contributed by atoms with Crippen LogP contribution in [0.1, 0.15) is 19.8 Å². The smallest absolute Gasteiger partial charge is 0.331 e. The van der Waals surface area contributed by atoms with Gasteiger partial charge in [-0.2, -0.15) is 0 Å². The van der Waals surface area contributed by atoms with Gasteiger partial charge in [0.15, 0.2) is 6.29 Å². The van der Waals surface area contributed by atoms with E-state index in [9.17, 15) is 9.90 Å². The molecule has 0 unspecified atom stereocenters. The Morgan fingerprint density at radius 2 is 1.52 bits per heavy atom. The highest BCUT2D eigenvalue weighted by atomic mass is 79.9. The molecule has 0 bridgehead atoms. The van der Waals surface area contributed by atoms with Crippen molar-refractivity contribution >= 4 is 91.5 Å². The molecule has 0 spiro atoms. The second-order valence-corrected chi connectivity index (χ2v) is 10.1. The van der Waals surface area contributed by atoms with Crippen LogP contribution in [0.25, 0.3) is 0 Å². The summed E-state index contributed by atoms with van der Waals surface area (Å²) in [6.07, 6.45) is -0.524. The van der Waals surface area contributed by atoms with Gasteiger partial charge in [-0.05, 0) is 13.3 Å². The molecule has 0 aliphatic carbocycles. The van der Waals surface area contributed by atoms with Gasteiger partial charge in [-0.15, -0.1) is 0 Å². The summed E-state index contributed by atoms with van der Waals surface area (Å²) in [7, 11) is 0. The van der Waals surface area contributed by atoms with Gasteiger partial charge >= 0.3 is 5.97 Å². The molecule has 11 heteroatoms. The van der Waals surface area contributed by atoms with Gasteiger partial charge in [0.2, 0.25) is 7.59 Å². The first kappa shape index (κ1) is 24.4. The van der Waals surface area contributed by atoms with E-state index in [0.29, 0.717) is 10.9 Å². The summed E-state index contributed by atoms with van der Waals surface area (Å²) in [4.78, 5) is 11.3. The van der Waals surface area contributed by atoms with Crippen LogP contribution in [0.2, 0.25) is 0 Å². The molecule has 0 aliphatic heterocycles. The monoisotopic (exact) mass is 512 g/mol. The van der Waals surface area contributed by atoms with Crippen LogP contribution in [0.3, 0.4) is 0 Å². The Kier molecular flexibility index (Phi) is 11.8. The Balaban J connectivity index is 4.82. The number of aliphatic carboxylic acids is 1. The first-order valence-corrected chi connectivity index (χ1v) is 9.59. The molecular weight excluding hydrogens is 501 g/mol. The average molecular weight is 516 g/mol. The van der Waals surface area contributed by atoms with E-state index in [1.807, 2.05) is 0 Å². The first-order chi connectivity index (χ1) is 10.4. The molecule has 0 atom stereocenters. The number of hydrogen-bond acceptors (Lipinski definition) is 3. The minimum Gasteiger partial charge on any atom is -0.478 e. The fourth-order valence-electron chi connectivity index (χ4n) is 1.44. The van der Waals surface area contributed by atoms with Crippen LogP contribution < -0.4 is 0 Å². The number of carboxylic acids is 1. The quantitative estimate of drug-likeness (QED) is 0.244. The maximum atomic E-state index is 11.3. The summed E-state index contributed by atoms with van der Waals surface area (Å²) >= 11 is 36.9. The molecule has 0 saturated heterocycles. The van der Waals surface area contributed by atoms with E-state index in [4.69, 9.17) is 79.1 Å². The Bertz CT molecular complexity index is 401. The van der Waals surface area contributed by atoms with Crippen LogP contribution in [0.15, 0.2) is 11.1 Å². The lowest BCUT2D eigenvalue weighted by Crippen LogP contribution is -2.27. The van der Waals surface area contributed by atoms with Crippen LogP contribution in [0.4, 0.5) is 0 Å². The molecule has 0 aromatic rings. The lowest BCUT2D eigenvalue weighted by atomic mass is 10.1. The highest BCUT2D eigenvalue weighted by Crippen LogP contribution is 2.30. The fraction of sp³-hybridized carbons (Fsp3) is 0.750. The molecule has 0 rings (SSSR count). The molecule has 0 radical (unpaired) electrons. The van der Waals surface area contributed by atoms with Crippen LogP contribution in [-0.2, 0) is 14.3 Å². The molecule has 0 aromatic heterocycles. The third-order valence-electron chi connectivity index (χ3n) is 2.47. The van der Waals surface area contributed by atoms with Crippen LogP contribution in [0, 0.1) is 0 Å². The molecular formula is C12H15BrCl6O4. The average Bonchev–Trinajstić information content (AvgIpc) is 2.38. The van der Waals surface area contributed by atoms with Gasteiger partial charge in [-0.3, -0.25) is 0 Å². The second kappa shape index (κ2) is 11.1. The molecule has 0 fully saturated rings. The molecule has 0 aromatic carbocycles. The summed E-state index contributed by atoms with van der Waals surface area (Å²) in [5, 5.41) is 9.65. The minimum absolute atomic E-state index is 0.178. The summed E-state index contributed by atoms with van der Waals surface area (Å²) in [6.45, 7) is 1.19. The Morgan fingerprint density at radius 1 is 1.09 bits per heavy atom. The van der Waals surface area contributed by atoms with Crippen LogP contribution in [0.5, 0.6) is 0 Å². The number of allylic oxidation sites excluding steroid dienone is 1. The maximum Gasteiger partial charge on any atom is 0.331 e. The molecule has 4 nitrogen and oxygen atoms in total. The number of hydrogen-bond donors (Lipinski definition) is 1. The highest BCUT2D eigenvalue weighted by Gasteiger charge is 2.27. The van der Waals surface area contributed by atoms with Crippen molar-refractivity contribution in [2.75, 3.05) is 18.5 Å². The van der Waals surface area contributed by atoms with E-state index in [-0.39, 0.29) is 31.6 Å². The molecule has 0 amide bonds. The third-order valence-corrected chi connectivity index (χ3v) is 3.97. The molecule has 23 heavy (non-hydrogen) atoms. The highest BCUT2D eigenvalue weighted by molar-refractivity contribution is 9.09.